The van der Waals surface area contributed by atoms with Gasteiger partial charge in [0.2, 0.25) is 0 Å². The molecule has 0 radical (unpaired) electrons. The fraction of sp³-hybridized carbons (Fsp3) is 0.111. The Hall–Kier alpha value is -2.93. The van der Waals surface area contributed by atoms with Crippen molar-refractivity contribution in [2.75, 3.05) is 12.8 Å². The van der Waals surface area contributed by atoms with Gasteiger partial charge in [0.1, 0.15) is 22.3 Å². The molecule has 0 bridgehead atoms. The quantitative estimate of drug-likeness (QED) is 0.683. The molecule has 2 heterocycles. The van der Waals surface area contributed by atoms with Gasteiger partial charge in [0.15, 0.2) is 0 Å². The Bertz CT molecular complexity index is 962. The molecule has 0 saturated heterocycles. The Kier molecular flexibility index (Phi) is 4.95. The zero-order chi connectivity index (χ0) is 17.8. The summed E-state index contributed by atoms with van der Waals surface area (Å²) in [5.41, 5.74) is 10.2. The van der Waals surface area contributed by atoms with Crippen molar-refractivity contribution in [3.8, 4) is 28.0 Å². The van der Waals surface area contributed by atoms with Crippen LogP contribution in [0.15, 0.2) is 55.0 Å². The third kappa shape index (κ3) is 3.77. The zero-order valence-electron chi connectivity index (χ0n) is 13.5. The van der Waals surface area contributed by atoms with Crippen LogP contribution in [0.1, 0.15) is 5.56 Å². The molecular formula is C18H17N3O3S. The molecule has 7 heteroatoms. The number of benzene rings is 1. The second kappa shape index (κ2) is 7.31. The number of hydrogen-bond acceptors (Lipinski definition) is 6. The van der Waals surface area contributed by atoms with Crippen LogP contribution in [0.4, 0.5) is 5.82 Å². The molecule has 3 rings (SSSR count). The van der Waals surface area contributed by atoms with Crippen molar-refractivity contribution in [2.24, 2.45) is 0 Å². The maximum atomic E-state index is 10.8. The van der Waals surface area contributed by atoms with Crippen molar-refractivity contribution in [2.45, 2.75) is 5.75 Å². The highest BCUT2D eigenvalue weighted by Gasteiger charge is 2.11. The number of nitrogens with two attached hydrogens (primary N) is 1. The van der Waals surface area contributed by atoms with Gasteiger partial charge in [0.25, 0.3) is 0 Å². The average molecular weight is 355 g/mol. The first-order chi connectivity index (χ1) is 12.1. The number of aromatic nitrogens is 2. The standard InChI is InChI=1S/C18H17N3O3S/c1-24-17-10-20-7-6-15(17)16-8-14(9-21-18(16)19)13-4-2-12(3-5-13)11-25(22)23/h2-10,25H,11H2,1H3,(H2,19,21). The van der Waals surface area contributed by atoms with Gasteiger partial charge >= 0.3 is 0 Å². The van der Waals surface area contributed by atoms with Gasteiger partial charge in [-0.15, -0.1) is 0 Å². The number of hydrogen-bond donors (Lipinski definition) is 2. The fourth-order valence-corrected chi connectivity index (χ4v) is 3.07. The number of nitrogen functional groups attached to an aromatic ring is 1. The van der Waals surface area contributed by atoms with Gasteiger partial charge in [-0.3, -0.25) is 4.98 Å². The predicted octanol–water partition coefficient (Wildman–Crippen LogP) is 2.51. The lowest BCUT2D eigenvalue weighted by Crippen LogP contribution is -1.97. The van der Waals surface area contributed by atoms with Crippen LogP contribution < -0.4 is 10.5 Å². The van der Waals surface area contributed by atoms with Gasteiger partial charge in [-0.05, 0) is 23.3 Å². The zero-order valence-corrected chi connectivity index (χ0v) is 14.4. The molecule has 2 aromatic heterocycles. The molecule has 0 aliphatic carbocycles. The Balaban J connectivity index is 2.02. The van der Waals surface area contributed by atoms with Crippen molar-refractivity contribution in [3.05, 3.63) is 60.6 Å². The lowest BCUT2D eigenvalue weighted by Gasteiger charge is -2.11. The molecule has 25 heavy (non-hydrogen) atoms. The number of anilines is 1. The molecule has 6 nitrogen and oxygen atoms in total. The van der Waals surface area contributed by atoms with Gasteiger partial charge in [0, 0.05) is 29.1 Å². The van der Waals surface area contributed by atoms with Crippen molar-refractivity contribution in [3.63, 3.8) is 0 Å². The summed E-state index contributed by atoms with van der Waals surface area (Å²) in [6.07, 6.45) is 4.98. The summed E-state index contributed by atoms with van der Waals surface area (Å²) in [4.78, 5) is 8.33. The van der Waals surface area contributed by atoms with Crippen LogP contribution in [0, 0.1) is 0 Å². The van der Waals surface area contributed by atoms with Crippen molar-refractivity contribution in [1.29, 1.82) is 0 Å². The van der Waals surface area contributed by atoms with Crippen LogP contribution >= 0.6 is 0 Å². The number of pyridine rings is 2. The number of rotatable bonds is 5. The molecule has 0 aliphatic heterocycles. The Morgan fingerprint density at radius 1 is 1.04 bits per heavy atom. The third-order valence-electron chi connectivity index (χ3n) is 3.81. The monoisotopic (exact) mass is 355 g/mol. The first kappa shape index (κ1) is 16.9. The first-order valence-corrected chi connectivity index (χ1v) is 8.90. The van der Waals surface area contributed by atoms with E-state index >= 15 is 0 Å². The minimum atomic E-state index is -2.43. The summed E-state index contributed by atoms with van der Waals surface area (Å²) >= 11 is 0. The van der Waals surface area contributed by atoms with E-state index in [1.807, 2.05) is 24.3 Å². The van der Waals surface area contributed by atoms with Gasteiger partial charge in [-0.25, -0.2) is 13.4 Å². The molecule has 0 fully saturated rings. The van der Waals surface area contributed by atoms with E-state index in [0.29, 0.717) is 11.6 Å². The smallest absolute Gasteiger partial charge is 0.145 e. The topological polar surface area (TPSA) is 95.2 Å². The Morgan fingerprint density at radius 2 is 1.80 bits per heavy atom. The molecule has 0 unspecified atom stereocenters. The highest BCUT2D eigenvalue weighted by Crippen LogP contribution is 2.34. The highest BCUT2D eigenvalue weighted by atomic mass is 32.2. The molecule has 0 aliphatic rings. The van der Waals surface area contributed by atoms with Crippen molar-refractivity contribution >= 4 is 16.5 Å². The number of methoxy groups -OCH3 is 1. The first-order valence-electron chi connectivity index (χ1n) is 7.53. The van der Waals surface area contributed by atoms with E-state index in [-0.39, 0.29) is 5.75 Å². The summed E-state index contributed by atoms with van der Waals surface area (Å²) < 4.78 is 27.0. The SMILES string of the molecule is COc1cnccc1-c1cc(-c2ccc(C[SH](=O)=O)cc2)cnc1N. The Labute approximate surface area is 147 Å². The highest BCUT2D eigenvalue weighted by molar-refractivity contribution is 7.71. The lowest BCUT2D eigenvalue weighted by atomic mass is 10.0. The normalized spacial score (nSPS) is 10.8. The molecule has 0 spiro atoms. The number of nitrogens with zero attached hydrogens (tertiary/aromatic N) is 2. The molecular weight excluding hydrogens is 338 g/mol. The van der Waals surface area contributed by atoms with E-state index in [1.165, 1.54) is 0 Å². The van der Waals surface area contributed by atoms with Crippen LogP contribution in [-0.4, -0.2) is 25.5 Å². The van der Waals surface area contributed by atoms with Crippen molar-refractivity contribution < 1.29 is 13.2 Å². The van der Waals surface area contributed by atoms with Crippen LogP contribution in [-0.2, 0) is 16.5 Å². The molecule has 128 valence electrons. The lowest BCUT2D eigenvalue weighted by molar-refractivity contribution is 0.414. The van der Waals surface area contributed by atoms with Gasteiger partial charge in [-0.1, -0.05) is 24.3 Å². The maximum absolute atomic E-state index is 10.8. The number of ether oxygens (including phenoxy) is 1. The van der Waals surface area contributed by atoms with E-state index in [0.717, 1.165) is 27.8 Å². The maximum Gasteiger partial charge on any atom is 0.145 e. The summed E-state index contributed by atoms with van der Waals surface area (Å²) in [6, 6.07) is 11.1. The summed E-state index contributed by atoms with van der Waals surface area (Å²) in [6.45, 7) is 0. The third-order valence-corrected chi connectivity index (χ3v) is 4.44. The van der Waals surface area contributed by atoms with Crippen LogP contribution in [0.2, 0.25) is 0 Å². The van der Waals surface area contributed by atoms with Crippen LogP contribution in [0.3, 0.4) is 0 Å². The van der Waals surface area contributed by atoms with E-state index in [1.54, 1.807) is 37.8 Å². The van der Waals surface area contributed by atoms with Gasteiger partial charge < -0.3 is 10.5 Å². The largest absolute Gasteiger partial charge is 0.494 e. The molecule has 0 saturated carbocycles. The summed E-state index contributed by atoms with van der Waals surface area (Å²) in [7, 11) is -0.858. The summed E-state index contributed by atoms with van der Waals surface area (Å²) in [5, 5.41) is 0. The minimum Gasteiger partial charge on any atom is -0.494 e. The summed E-state index contributed by atoms with van der Waals surface area (Å²) in [5.74, 6) is 1.05. The van der Waals surface area contributed by atoms with Crippen molar-refractivity contribution in [1.82, 2.24) is 9.97 Å². The fourth-order valence-electron chi connectivity index (χ4n) is 2.57. The second-order valence-corrected chi connectivity index (χ2v) is 6.40. The predicted molar refractivity (Wildman–Crippen MR) is 97.9 cm³/mol. The molecule has 0 atom stereocenters. The van der Waals surface area contributed by atoms with Gasteiger partial charge in [0.05, 0.1) is 19.1 Å². The van der Waals surface area contributed by atoms with E-state index in [4.69, 9.17) is 10.5 Å². The number of thiol groups is 1. The Morgan fingerprint density at radius 3 is 2.48 bits per heavy atom. The van der Waals surface area contributed by atoms with Gasteiger partial charge in [-0.2, -0.15) is 0 Å². The second-order valence-electron chi connectivity index (χ2n) is 5.42. The van der Waals surface area contributed by atoms with Crippen LogP contribution in [0.5, 0.6) is 5.75 Å². The minimum absolute atomic E-state index is 0.0368. The average Bonchev–Trinajstić information content (AvgIpc) is 2.62. The molecule has 3 aromatic rings. The molecule has 2 N–H and O–H groups in total. The van der Waals surface area contributed by atoms with E-state index < -0.39 is 10.7 Å². The van der Waals surface area contributed by atoms with E-state index in [9.17, 15) is 8.42 Å². The molecule has 0 amide bonds. The molecule has 1 aromatic carbocycles. The van der Waals surface area contributed by atoms with Crippen LogP contribution in [0.25, 0.3) is 22.3 Å². The van der Waals surface area contributed by atoms with E-state index in [2.05, 4.69) is 9.97 Å².